The fraction of sp³-hybridized carbons (Fsp3) is 0.261. The second-order valence-electron chi connectivity index (χ2n) is 8.27. The number of methoxy groups -OCH3 is 2. The first-order valence-corrected chi connectivity index (χ1v) is 10.9. The number of nitro benzene ring substituents is 1. The average molecular weight is 518 g/mol. The minimum absolute atomic E-state index is 0.105. The maximum Gasteiger partial charge on any atom is 0.421 e. The largest absolute Gasteiger partial charge is 0.497 e. The van der Waals surface area contributed by atoms with Gasteiger partial charge in [-0.3, -0.25) is 10.1 Å². The molecule has 1 fully saturated rings. The van der Waals surface area contributed by atoms with Crippen LogP contribution in [0, 0.1) is 15.9 Å². The van der Waals surface area contributed by atoms with E-state index in [0.717, 1.165) is 29.7 Å². The molecule has 0 unspecified atom stereocenters. The van der Waals surface area contributed by atoms with Gasteiger partial charge in [-0.05, 0) is 31.0 Å². The summed E-state index contributed by atoms with van der Waals surface area (Å²) in [6.07, 6.45) is -2.52. The first-order valence-electron chi connectivity index (χ1n) is 10.9. The molecule has 0 bridgehead atoms. The van der Waals surface area contributed by atoms with E-state index in [1.807, 2.05) is 0 Å². The topological polar surface area (TPSA) is 117 Å². The van der Waals surface area contributed by atoms with Crippen molar-refractivity contribution in [2.45, 2.75) is 24.9 Å². The number of hydrogen-bond acceptors (Lipinski definition) is 8. The first-order chi connectivity index (χ1) is 17.6. The normalized spacial score (nSPS) is 13.6. The second kappa shape index (κ2) is 8.87. The lowest BCUT2D eigenvalue weighted by Crippen LogP contribution is -2.15. The Labute approximate surface area is 206 Å². The molecule has 0 atom stereocenters. The number of nitrogens with zero attached hydrogens (tertiary/aromatic N) is 5. The molecule has 37 heavy (non-hydrogen) atoms. The highest BCUT2D eigenvalue weighted by atomic mass is 19.4. The Balaban J connectivity index is 1.67. The van der Waals surface area contributed by atoms with Gasteiger partial charge in [0.15, 0.2) is 5.82 Å². The lowest BCUT2D eigenvalue weighted by molar-refractivity contribution is -0.387. The van der Waals surface area contributed by atoms with Crippen molar-refractivity contribution < 1.29 is 32.0 Å². The zero-order valence-electron chi connectivity index (χ0n) is 19.3. The molecule has 0 radical (unpaired) electrons. The van der Waals surface area contributed by atoms with Gasteiger partial charge < -0.3 is 14.8 Å². The summed E-state index contributed by atoms with van der Waals surface area (Å²) < 4.78 is 67.4. The molecule has 1 aliphatic rings. The van der Waals surface area contributed by atoms with Crippen LogP contribution in [0.25, 0.3) is 16.7 Å². The summed E-state index contributed by atoms with van der Waals surface area (Å²) >= 11 is 0. The monoisotopic (exact) mass is 518 g/mol. The number of aromatic nitrogens is 4. The average Bonchev–Trinajstić information content (AvgIpc) is 3.63. The minimum atomic E-state index is -4.81. The van der Waals surface area contributed by atoms with Crippen LogP contribution in [-0.2, 0) is 6.18 Å². The van der Waals surface area contributed by atoms with E-state index >= 15 is 0 Å². The fourth-order valence-electron chi connectivity index (χ4n) is 3.93. The second-order valence-corrected chi connectivity index (χ2v) is 8.27. The predicted octanol–water partition coefficient (Wildman–Crippen LogP) is 5.52. The fourth-order valence-corrected chi connectivity index (χ4v) is 3.93. The quantitative estimate of drug-likeness (QED) is 0.193. The first kappa shape index (κ1) is 24.2. The molecular formula is C23H18F4N6O4. The lowest BCUT2D eigenvalue weighted by atomic mass is 10.1. The summed E-state index contributed by atoms with van der Waals surface area (Å²) in [6, 6.07) is 6.53. The van der Waals surface area contributed by atoms with E-state index < -0.39 is 34.0 Å². The van der Waals surface area contributed by atoms with Crippen molar-refractivity contribution in [3.8, 4) is 17.3 Å². The number of fused-ring (bicyclic) bond motifs is 1. The van der Waals surface area contributed by atoms with E-state index in [1.165, 1.54) is 14.2 Å². The van der Waals surface area contributed by atoms with Crippen LogP contribution in [0.15, 0.2) is 36.5 Å². The Hall–Kier alpha value is -4.49. The molecule has 0 saturated heterocycles. The third-order valence-electron chi connectivity index (χ3n) is 5.87. The molecular weight excluding hydrogens is 500 g/mol. The minimum Gasteiger partial charge on any atom is -0.497 e. The summed E-state index contributed by atoms with van der Waals surface area (Å²) in [5, 5.41) is 18.9. The number of rotatable bonds is 7. The van der Waals surface area contributed by atoms with Crippen molar-refractivity contribution in [1.29, 1.82) is 0 Å². The molecule has 2 aromatic carbocycles. The summed E-state index contributed by atoms with van der Waals surface area (Å²) in [5.74, 6) is -1.54. The summed E-state index contributed by atoms with van der Waals surface area (Å²) in [5.41, 5.74) is -1.11. The van der Waals surface area contributed by atoms with E-state index in [2.05, 4.69) is 20.4 Å². The van der Waals surface area contributed by atoms with Gasteiger partial charge >= 0.3 is 11.9 Å². The zero-order valence-corrected chi connectivity index (χ0v) is 19.3. The highest BCUT2D eigenvalue weighted by Crippen LogP contribution is 2.44. The van der Waals surface area contributed by atoms with Gasteiger partial charge in [0, 0.05) is 29.6 Å². The van der Waals surface area contributed by atoms with Crippen LogP contribution in [-0.4, -0.2) is 38.9 Å². The molecule has 10 nitrogen and oxygen atoms in total. The molecule has 0 amide bonds. The number of anilines is 2. The molecule has 1 N–H and O–H groups in total. The SMILES string of the molecule is COc1ccc2c(c1)c(C1CC1)nn2-c1nc(Nc2cc([N+](=O)[O-])c(F)cc2OC)ncc1C(F)(F)F. The van der Waals surface area contributed by atoms with Gasteiger partial charge in [-0.25, -0.2) is 9.67 Å². The number of benzene rings is 2. The molecule has 14 heteroatoms. The molecule has 1 aliphatic carbocycles. The van der Waals surface area contributed by atoms with Gasteiger partial charge in [-0.2, -0.15) is 27.6 Å². The van der Waals surface area contributed by atoms with E-state index in [1.54, 1.807) is 18.2 Å². The van der Waals surface area contributed by atoms with Gasteiger partial charge in [0.05, 0.1) is 36.0 Å². The number of halogens is 4. The summed E-state index contributed by atoms with van der Waals surface area (Å²) in [6.45, 7) is 0. The van der Waals surface area contributed by atoms with Crippen LogP contribution in [0.2, 0.25) is 0 Å². The van der Waals surface area contributed by atoms with Crippen molar-refractivity contribution >= 4 is 28.2 Å². The molecule has 0 spiro atoms. The summed E-state index contributed by atoms with van der Waals surface area (Å²) in [4.78, 5) is 18.0. The highest BCUT2D eigenvalue weighted by molar-refractivity contribution is 5.86. The number of nitrogens with one attached hydrogen (secondary N) is 1. The van der Waals surface area contributed by atoms with Crippen molar-refractivity contribution in [2.75, 3.05) is 19.5 Å². The molecule has 2 aromatic heterocycles. The smallest absolute Gasteiger partial charge is 0.421 e. The Bertz CT molecular complexity index is 1530. The van der Waals surface area contributed by atoms with E-state index in [-0.39, 0.29) is 23.3 Å². The third-order valence-corrected chi connectivity index (χ3v) is 5.87. The van der Waals surface area contributed by atoms with Crippen LogP contribution < -0.4 is 14.8 Å². The number of nitro groups is 1. The van der Waals surface area contributed by atoms with Gasteiger partial charge in [0.1, 0.15) is 17.1 Å². The number of hydrogen-bond donors (Lipinski definition) is 1. The van der Waals surface area contributed by atoms with Crippen molar-refractivity contribution in [3.63, 3.8) is 0 Å². The molecule has 2 heterocycles. The number of ether oxygens (including phenoxy) is 2. The van der Waals surface area contributed by atoms with Crippen molar-refractivity contribution in [2.24, 2.45) is 0 Å². The van der Waals surface area contributed by atoms with Gasteiger partial charge in [0.25, 0.3) is 0 Å². The Morgan fingerprint density at radius 2 is 1.92 bits per heavy atom. The Morgan fingerprint density at radius 1 is 1.16 bits per heavy atom. The van der Waals surface area contributed by atoms with Crippen molar-refractivity contribution in [3.05, 3.63) is 63.7 Å². The molecule has 5 rings (SSSR count). The molecule has 4 aromatic rings. The lowest BCUT2D eigenvalue weighted by Gasteiger charge is -2.15. The molecule has 1 saturated carbocycles. The van der Waals surface area contributed by atoms with Crippen LogP contribution in [0.3, 0.4) is 0 Å². The highest BCUT2D eigenvalue weighted by Gasteiger charge is 2.38. The van der Waals surface area contributed by atoms with Crippen LogP contribution in [0.5, 0.6) is 11.5 Å². The third kappa shape index (κ3) is 4.45. The van der Waals surface area contributed by atoms with E-state index in [9.17, 15) is 27.7 Å². The summed E-state index contributed by atoms with van der Waals surface area (Å²) in [7, 11) is 2.69. The van der Waals surface area contributed by atoms with E-state index in [0.29, 0.717) is 28.5 Å². The standard InChI is InChI=1S/C23H18F4N6O4/c1-36-12-5-6-17-13(7-12)20(11-3-4-11)31-32(17)21-14(23(25,26)27)10-28-22(30-21)29-16-9-18(33(34)35)15(24)8-19(16)37-2/h5-11H,3-4H2,1-2H3,(H,28,29,30). The van der Waals surface area contributed by atoms with Crippen LogP contribution >= 0.6 is 0 Å². The van der Waals surface area contributed by atoms with E-state index in [4.69, 9.17) is 9.47 Å². The van der Waals surface area contributed by atoms with Gasteiger partial charge in [-0.15, -0.1) is 0 Å². The van der Waals surface area contributed by atoms with Crippen LogP contribution in [0.4, 0.5) is 34.9 Å². The maximum absolute atomic E-state index is 14.0. The maximum atomic E-state index is 14.0. The molecule has 192 valence electrons. The van der Waals surface area contributed by atoms with Gasteiger partial charge in [0.2, 0.25) is 11.8 Å². The number of alkyl halides is 3. The Kier molecular flexibility index (Phi) is 5.80. The zero-order chi connectivity index (χ0) is 26.5. The predicted molar refractivity (Wildman–Crippen MR) is 123 cm³/mol. The molecule has 0 aliphatic heterocycles. The van der Waals surface area contributed by atoms with Gasteiger partial charge in [-0.1, -0.05) is 0 Å². The Morgan fingerprint density at radius 3 is 2.54 bits per heavy atom. The van der Waals surface area contributed by atoms with Crippen molar-refractivity contribution in [1.82, 2.24) is 19.7 Å². The van der Waals surface area contributed by atoms with Crippen LogP contribution in [0.1, 0.15) is 30.0 Å².